The number of ether oxygens (including phenoxy) is 2. The Hall–Kier alpha value is -3.28. The Morgan fingerprint density at radius 1 is 1.08 bits per heavy atom. The summed E-state index contributed by atoms with van der Waals surface area (Å²) in [5.74, 6) is -1.06. The molecule has 5 rings (SSSR count). The average Bonchev–Trinajstić information content (AvgIpc) is 3.61. The second-order valence-electron chi connectivity index (χ2n) is 10.4. The Morgan fingerprint density at radius 2 is 1.76 bits per heavy atom. The van der Waals surface area contributed by atoms with Gasteiger partial charge in [-0.05, 0) is 36.2 Å². The molecule has 2 aromatic carbocycles. The highest BCUT2D eigenvalue weighted by Gasteiger charge is 2.46. The first kappa shape index (κ1) is 37.0. The zero-order valence-corrected chi connectivity index (χ0v) is 28.7. The number of nitrogens with one attached hydrogen (secondary N) is 1. The molecule has 0 aliphatic carbocycles. The standard InChI is InChI=1S/C26H30ClN6O13P3/c1-16(25(35)41-13-17-8-4-2-5-9-17)32-47(36,44-18-10-6-3-7-11-18)45-49(39,40)46-48(37,38)42-14-20-19(34)12-21(43-20)33-15-29-22-23(28)30-26(27)31-24(22)33/h2-11,15-16,19-21,34H,12-14H2,1H3,(H,32,36)(H,37,38)(H,39,40)(H2,28,30,31)/t16-,19-,20+,21+,47?/m0/s1. The van der Waals surface area contributed by atoms with Gasteiger partial charge in [0.15, 0.2) is 11.5 Å². The molecule has 3 unspecified atom stereocenters. The van der Waals surface area contributed by atoms with Crippen molar-refractivity contribution in [3.8, 4) is 5.75 Å². The van der Waals surface area contributed by atoms with Gasteiger partial charge in [-0.15, -0.1) is 0 Å². The van der Waals surface area contributed by atoms with Gasteiger partial charge in [0.2, 0.25) is 5.28 Å². The molecule has 0 amide bonds. The first-order chi connectivity index (χ1) is 23.1. The number of carbonyl (C=O) groups is 1. The number of phosphoric ester groups is 1. The van der Waals surface area contributed by atoms with Gasteiger partial charge in [0.05, 0.1) is 19.0 Å². The van der Waals surface area contributed by atoms with Crippen LogP contribution in [-0.4, -0.2) is 65.2 Å². The van der Waals surface area contributed by atoms with Crippen LogP contribution in [0.4, 0.5) is 5.82 Å². The van der Waals surface area contributed by atoms with Gasteiger partial charge in [0.1, 0.15) is 36.2 Å². The van der Waals surface area contributed by atoms with Crippen molar-refractivity contribution in [2.45, 2.75) is 44.4 Å². The highest BCUT2D eigenvalue weighted by atomic mass is 35.5. The fourth-order valence-corrected chi connectivity index (χ4v) is 9.03. The molecule has 0 saturated carbocycles. The van der Waals surface area contributed by atoms with E-state index in [-0.39, 0.29) is 41.0 Å². The van der Waals surface area contributed by atoms with E-state index in [1.807, 2.05) is 0 Å². The van der Waals surface area contributed by atoms with Crippen LogP contribution in [-0.2, 0) is 47.7 Å². The third-order valence-electron chi connectivity index (χ3n) is 6.65. The Labute approximate surface area is 283 Å². The molecule has 3 heterocycles. The summed E-state index contributed by atoms with van der Waals surface area (Å²) in [6.45, 7) is 0.250. The predicted molar refractivity (Wildman–Crippen MR) is 171 cm³/mol. The Morgan fingerprint density at radius 3 is 2.45 bits per heavy atom. The minimum absolute atomic E-state index is 0.00700. The Kier molecular flexibility index (Phi) is 11.6. The van der Waals surface area contributed by atoms with Crippen molar-refractivity contribution in [1.82, 2.24) is 24.6 Å². The van der Waals surface area contributed by atoms with E-state index in [0.717, 1.165) is 0 Å². The van der Waals surface area contributed by atoms with E-state index in [0.29, 0.717) is 5.56 Å². The summed E-state index contributed by atoms with van der Waals surface area (Å²) >= 11 is 5.89. The number of aliphatic hydroxyl groups excluding tert-OH is 1. The van der Waals surface area contributed by atoms with E-state index < -0.39 is 60.4 Å². The van der Waals surface area contributed by atoms with Gasteiger partial charge in [-0.3, -0.25) is 13.9 Å². The van der Waals surface area contributed by atoms with Crippen molar-refractivity contribution in [3.05, 3.63) is 77.8 Å². The summed E-state index contributed by atoms with van der Waals surface area (Å²) in [4.78, 5) is 45.3. The molecule has 2 aromatic heterocycles. The number of imidazole rings is 1. The number of nitrogens with zero attached hydrogens (tertiary/aromatic N) is 4. The lowest BCUT2D eigenvalue weighted by atomic mass is 10.2. The number of phosphoric acid groups is 2. The molecular formula is C26H30ClN6O13P3. The first-order valence-electron chi connectivity index (χ1n) is 14.2. The minimum Gasteiger partial charge on any atom is -0.460 e. The number of aliphatic hydroxyl groups is 1. The van der Waals surface area contributed by atoms with E-state index >= 15 is 0 Å². The number of hydrogen-bond acceptors (Lipinski definition) is 15. The lowest BCUT2D eigenvalue weighted by Gasteiger charge is -2.25. The molecule has 1 fully saturated rings. The smallest absolute Gasteiger partial charge is 0.460 e. The van der Waals surface area contributed by atoms with Gasteiger partial charge in [-0.2, -0.15) is 23.7 Å². The molecule has 23 heteroatoms. The first-order valence-corrected chi connectivity index (χ1v) is 19.1. The number of rotatable bonds is 15. The normalized spacial score (nSPS) is 22.1. The third kappa shape index (κ3) is 9.92. The van der Waals surface area contributed by atoms with Crippen LogP contribution in [0.3, 0.4) is 0 Å². The highest BCUT2D eigenvalue weighted by Crippen LogP contribution is 2.67. The molecule has 49 heavy (non-hydrogen) atoms. The molecule has 19 nitrogen and oxygen atoms in total. The summed E-state index contributed by atoms with van der Waals surface area (Å²) in [5, 5.41) is 12.5. The maximum atomic E-state index is 13.7. The molecule has 4 aromatic rings. The third-order valence-corrected chi connectivity index (χ3v) is 11.8. The van der Waals surface area contributed by atoms with Crippen LogP contribution < -0.4 is 15.3 Å². The predicted octanol–water partition coefficient (Wildman–Crippen LogP) is 3.87. The number of carbonyl (C=O) groups excluding carboxylic acids is 1. The van der Waals surface area contributed by atoms with Gasteiger partial charge in [0, 0.05) is 6.42 Å². The number of hydrogen-bond donors (Lipinski definition) is 5. The summed E-state index contributed by atoms with van der Waals surface area (Å²) in [7, 11) is -16.3. The van der Waals surface area contributed by atoms with Gasteiger partial charge in [-0.25, -0.2) is 18.7 Å². The van der Waals surface area contributed by atoms with E-state index in [9.17, 15) is 33.4 Å². The van der Waals surface area contributed by atoms with Crippen LogP contribution in [0.15, 0.2) is 67.0 Å². The van der Waals surface area contributed by atoms with E-state index in [2.05, 4.69) is 24.3 Å². The molecule has 0 spiro atoms. The minimum atomic E-state index is -5.78. The van der Waals surface area contributed by atoms with Crippen molar-refractivity contribution in [2.24, 2.45) is 0 Å². The molecule has 0 bridgehead atoms. The van der Waals surface area contributed by atoms with Gasteiger partial charge < -0.3 is 34.6 Å². The number of fused-ring (bicyclic) bond motifs is 1. The van der Waals surface area contributed by atoms with E-state index in [1.165, 1.54) is 42.1 Å². The van der Waals surface area contributed by atoms with Crippen molar-refractivity contribution in [3.63, 3.8) is 0 Å². The lowest BCUT2D eigenvalue weighted by molar-refractivity contribution is -0.146. The van der Waals surface area contributed by atoms with E-state index in [4.69, 9.17) is 40.2 Å². The number of para-hydroxylation sites is 1. The zero-order chi connectivity index (χ0) is 35.4. The van der Waals surface area contributed by atoms with Crippen molar-refractivity contribution < 1.29 is 60.5 Å². The van der Waals surface area contributed by atoms with Crippen LogP contribution in [0.2, 0.25) is 5.28 Å². The number of benzene rings is 2. The molecule has 1 aliphatic rings. The fourth-order valence-electron chi connectivity index (χ4n) is 4.46. The lowest BCUT2D eigenvalue weighted by Crippen LogP contribution is -2.34. The Bertz CT molecular complexity index is 1920. The monoisotopic (exact) mass is 762 g/mol. The van der Waals surface area contributed by atoms with Crippen LogP contribution in [0.1, 0.15) is 25.1 Å². The largest absolute Gasteiger partial charge is 0.490 e. The van der Waals surface area contributed by atoms with Crippen molar-refractivity contribution >= 4 is 57.9 Å². The van der Waals surface area contributed by atoms with Gasteiger partial charge >= 0.3 is 29.4 Å². The van der Waals surface area contributed by atoms with Gasteiger partial charge in [-0.1, -0.05) is 48.5 Å². The summed E-state index contributed by atoms with van der Waals surface area (Å²) in [6, 6.07) is 14.4. The Balaban J connectivity index is 1.22. The quantitative estimate of drug-likeness (QED) is 0.0653. The van der Waals surface area contributed by atoms with Crippen LogP contribution in [0.25, 0.3) is 11.2 Å². The molecular weight excluding hydrogens is 733 g/mol. The number of halogens is 1. The van der Waals surface area contributed by atoms with Gasteiger partial charge in [0.25, 0.3) is 0 Å². The molecule has 6 N–H and O–H groups in total. The van der Waals surface area contributed by atoms with Crippen molar-refractivity contribution in [1.29, 1.82) is 0 Å². The molecule has 264 valence electrons. The van der Waals surface area contributed by atoms with Crippen molar-refractivity contribution in [2.75, 3.05) is 12.3 Å². The molecule has 1 saturated heterocycles. The van der Waals surface area contributed by atoms with Crippen LogP contribution >= 0.6 is 35.0 Å². The summed E-state index contributed by atoms with van der Waals surface area (Å²) in [5.41, 5.74) is 6.88. The fraction of sp³-hybridized carbons (Fsp3) is 0.308. The highest BCUT2D eigenvalue weighted by molar-refractivity contribution is 7.68. The summed E-state index contributed by atoms with van der Waals surface area (Å²) in [6.07, 6.45) is -2.16. The number of esters is 1. The summed E-state index contributed by atoms with van der Waals surface area (Å²) < 4.78 is 70.8. The maximum Gasteiger partial charge on any atom is 0.490 e. The van der Waals surface area contributed by atoms with E-state index in [1.54, 1.807) is 36.4 Å². The SMILES string of the molecule is C[C@H](NP(=O)(Oc1ccccc1)OP(=O)(O)OP(=O)(O)OC[C@H]1O[C@@H](n2cnc3c(N)nc(Cl)nc32)C[C@@H]1O)C(=O)OCc1ccccc1. The molecule has 0 radical (unpaired) electrons. The van der Waals surface area contributed by atoms with Crippen LogP contribution in [0, 0.1) is 0 Å². The number of nitrogens with two attached hydrogens (primary N) is 1. The zero-order valence-electron chi connectivity index (χ0n) is 25.3. The number of aromatic nitrogens is 4. The second-order valence-corrected chi connectivity index (χ2v) is 15.6. The number of anilines is 1. The maximum absolute atomic E-state index is 13.7. The topological polar surface area (TPSA) is 266 Å². The van der Waals surface area contributed by atoms with Crippen LogP contribution in [0.5, 0.6) is 5.75 Å². The second kappa shape index (κ2) is 15.3. The molecule has 1 aliphatic heterocycles. The molecule has 7 atom stereocenters. The number of nitrogen functional groups attached to an aromatic ring is 1. The average molecular weight is 763 g/mol.